The molecule has 0 aliphatic heterocycles. The van der Waals surface area contributed by atoms with Gasteiger partial charge in [-0.3, -0.25) is 4.79 Å². The number of aromatic nitrogens is 5. The van der Waals surface area contributed by atoms with Gasteiger partial charge in [0, 0.05) is 6.07 Å². The highest BCUT2D eigenvalue weighted by atomic mass is 16.2. The van der Waals surface area contributed by atoms with E-state index < -0.39 is 0 Å². The topological polar surface area (TPSA) is 104 Å². The second-order valence-electron chi connectivity index (χ2n) is 5.59. The Hall–Kier alpha value is -3.16. The molecule has 24 heavy (non-hydrogen) atoms. The normalized spacial score (nSPS) is 12.1. The van der Waals surface area contributed by atoms with Crippen LogP contribution in [-0.4, -0.2) is 30.5 Å². The van der Waals surface area contributed by atoms with Crippen molar-refractivity contribution in [2.24, 2.45) is 0 Å². The molecule has 8 heteroatoms. The van der Waals surface area contributed by atoms with Crippen LogP contribution in [0.2, 0.25) is 0 Å². The monoisotopic (exact) mass is 325 g/mol. The maximum absolute atomic E-state index is 12.2. The first-order chi connectivity index (χ1) is 11.5. The van der Waals surface area contributed by atoms with E-state index in [1.807, 2.05) is 38.1 Å². The molecule has 2 aromatic heterocycles. The Kier molecular flexibility index (Phi) is 4.28. The standard InChI is InChI=1S/C16H19N7O/c1-11-7-15(17)22(21-11)8-16(24)20-12(2)13-3-5-14(6-4-13)23-10-18-9-19-23/h3-7,9-10,12H,8,17H2,1-2H3,(H,20,24)/t12-/m1/s1. The predicted octanol–water partition coefficient (Wildman–Crippen LogP) is 1.23. The zero-order valence-electron chi connectivity index (χ0n) is 13.5. The third kappa shape index (κ3) is 3.43. The Bertz CT molecular complexity index is 821. The summed E-state index contributed by atoms with van der Waals surface area (Å²) in [4.78, 5) is 16.1. The van der Waals surface area contributed by atoms with E-state index in [1.165, 1.54) is 11.0 Å². The lowest BCUT2D eigenvalue weighted by molar-refractivity contribution is -0.122. The second kappa shape index (κ2) is 6.53. The minimum atomic E-state index is -0.141. The quantitative estimate of drug-likeness (QED) is 0.734. The maximum Gasteiger partial charge on any atom is 0.242 e. The maximum atomic E-state index is 12.2. The van der Waals surface area contributed by atoms with Crippen molar-refractivity contribution in [3.8, 4) is 5.69 Å². The van der Waals surface area contributed by atoms with Gasteiger partial charge in [-0.1, -0.05) is 12.1 Å². The number of carbonyl (C=O) groups excluding carboxylic acids is 1. The number of nitrogen functional groups attached to an aromatic ring is 1. The van der Waals surface area contributed by atoms with Gasteiger partial charge in [0.15, 0.2) is 0 Å². The first kappa shape index (κ1) is 15.7. The Labute approximate surface area is 139 Å². The number of anilines is 1. The highest BCUT2D eigenvalue weighted by Crippen LogP contribution is 2.15. The van der Waals surface area contributed by atoms with Crippen LogP contribution in [0.25, 0.3) is 5.69 Å². The number of nitrogens with two attached hydrogens (primary N) is 1. The number of rotatable bonds is 5. The van der Waals surface area contributed by atoms with Crippen LogP contribution in [0.5, 0.6) is 0 Å². The van der Waals surface area contributed by atoms with Gasteiger partial charge in [-0.05, 0) is 31.5 Å². The molecule has 0 aliphatic carbocycles. The van der Waals surface area contributed by atoms with E-state index in [4.69, 9.17) is 5.73 Å². The van der Waals surface area contributed by atoms with E-state index in [0.717, 1.165) is 16.9 Å². The first-order valence-electron chi connectivity index (χ1n) is 7.57. The molecule has 3 N–H and O–H groups in total. The molecule has 0 bridgehead atoms. The summed E-state index contributed by atoms with van der Waals surface area (Å²) >= 11 is 0. The van der Waals surface area contributed by atoms with E-state index in [-0.39, 0.29) is 18.5 Å². The smallest absolute Gasteiger partial charge is 0.242 e. The fourth-order valence-corrected chi connectivity index (χ4v) is 2.46. The van der Waals surface area contributed by atoms with Gasteiger partial charge in [-0.25, -0.2) is 14.3 Å². The van der Waals surface area contributed by atoms with Gasteiger partial charge in [0.05, 0.1) is 17.4 Å². The molecule has 2 heterocycles. The summed E-state index contributed by atoms with van der Waals surface area (Å²) in [6.45, 7) is 3.87. The van der Waals surface area contributed by atoms with Crippen LogP contribution in [0, 0.1) is 6.92 Å². The van der Waals surface area contributed by atoms with Crippen molar-refractivity contribution in [1.82, 2.24) is 29.9 Å². The second-order valence-corrected chi connectivity index (χ2v) is 5.59. The molecule has 0 saturated heterocycles. The van der Waals surface area contributed by atoms with Crippen LogP contribution in [-0.2, 0) is 11.3 Å². The van der Waals surface area contributed by atoms with Gasteiger partial charge in [0.1, 0.15) is 25.0 Å². The molecule has 0 radical (unpaired) electrons. The summed E-state index contributed by atoms with van der Waals surface area (Å²) in [5.74, 6) is 0.338. The van der Waals surface area contributed by atoms with Gasteiger partial charge < -0.3 is 11.1 Å². The van der Waals surface area contributed by atoms with Crippen LogP contribution < -0.4 is 11.1 Å². The van der Waals surface area contributed by atoms with Crippen molar-refractivity contribution in [3.63, 3.8) is 0 Å². The Balaban J connectivity index is 1.63. The van der Waals surface area contributed by atoms with Gasteiger partial charge in [-0.2, -0.15) is 10.2 Å². The minimum Gasteiger partial charge on any atom is -0.384 e. The van der Waals surface area contributed by atoms with Crippen LogP contribution in [0.4, 0.5) is 5.82 Å². The summed E-state index contributed by atoms with van der Waals surface area (Å²) in [6.07, 6.45) is 3.12. The van der Waals surface area contributed by atoms with Gasteiger partial charge >= 0.3 is 0 Å². The van der Waals surface area contributed by atoms with Crippen LogP contribution >= 0.6 is 0 Å². The molecule has 0 spiro atoms. The highest BCUT2D eigenvalue weighted by Gasteiger charge is 2.12. The summed E-state index contributed by atoms with van der Waals surface area (Å²) in [5.41, 5.74) is 8.50. The van der Waals surface area contributed by atoms with Gasteiger partial charge in [-0.15, -0.1) is 0 Å². The highest BCUT2D eigenvalue weighted by molar-refractivity contribution is 5.76. The van der Waals surface area contributed by atoms with Crippen LogP contribution in [0.15, 0.2) is 43.0 Å². The molecule has 1 aromatic carbocycles. The van der Waals surface area contributed by atoms with Crippen molar-refractivity contribution < 1.29 is 4.79 Å². The molecule has 124 valence electrons. The Morgan fingerprint density at radius 3 is 2.67 bits per heavy atom. The number of amides is 1. The average Bonchev–Trinajstić information content (AvgIpc) is 3.18. The first-order valence-corrected chi connectivity index (χ1v) is 7.57. The summed E-state index contributed by atoms with van der Waals surface area (Å²) in [6, 6.07) is 9.38. The molecule has 1 atom stereocenters. The summed E-state index contributed by atoms with van der Waals surface area (Å²) in [5, 5.41) is 11.2. The Morgan fingerprint density at radius 2 is 2.08 bits per heavy atom. The number of benzene rings is 1. The number of hydrogen-bond donors (Lipinski definition) is 2. The molecule has 8 nitrogen and oxygen atoms in total. The molecular formula is C16H19N7O. The summed E-state index contributed by atoms with van der Waals surface area (Å²) < 4.78 is 3.17. The average molecular weight is 325 g/mol. The predicted molar refractivity (Wildman–Crippen MR) is 89.3 cm³/mol. The number of hydrogen-bond acceptors (Lipinski definition) is 5. The van der Waals surface area contributed by atoms with E-state index in [1.54, 1.807) is 17.1 Å². The van der Waals surface area contributed by atoms with Crippen LogP contribution in [0.1, 0.15) is 24.2 Å². The lowest BCUT2D eigenvalue weighted by atomic mass is 10.1. The molecule has 3 rings (SSSR count). The lowest BCUT2D eigenvalue weighted by Gasteiger charge is -2.15. The number of nitrogens with one attached hydrogen (secondary N) is 1. The number of nitrogens with zero attached hydrogens (tertiary/aromatic N) is 5. The van der Waals surface area contributed by atoms with E-state index in [0.29, 0.717) is 5.82 Å². The fourth-order valence-electron chi connectivity index (χ4n) is 2.46. The molecule has 0 aliphatic rings. The molecule has 0 saturated carbocycles. The lowest BCUT2D eigenvalue weighted by Crippen LogP contribution is -2.30. The third-order valence-electron chi connectivity index (χ3n) is 3.68. The molecule has 1 amide bonds. The molecule has 3 aromatic rings. The SMILES string of the molecule is Cc1cc(N)n(CC(=O)N[C@H](C)c2ccc(-n3cncn3)cc2)n1. The molecular weight excluding hydrogens is 306 g/mol. The summed E-state index contributed by atoms with van der Waals surface area (Å²) in [7, 11) is 0. The van der Waals surface area contributed by atoms with Crippen molar-refractivity contribution in [3.05, 3.63) is 54.2 Å². The van der Waals surface area contributed by atoms with Crippen LogP contribution in [0.3, 0.4) is 0 Å². The minimum absolute atomic E-state index is 0.0983. The van der Waals surface area contributed by atoms with Gasteiger partial charge in [0.2, 0.25) is 5.91 Å². The largest absolute Gasteiger partial charge is 0.384 e. The van der Waals surface area contributed by atoms with Crippen molar-refractivity contribution in [2.75, 3.05) is 5.73 Å². The van der Waals surface area contributed by atoms with Crippen molar-refractivity contribution in [1.29, 1.82) is 0 Å². The molecule has 0 fully saturated rings. The zero-order chi connectivity index (χ0) is 17.1. The van der Waals surface area contributed by atoms with E-state index in [2.05, 4.69) is 20.5 Å². The fraction of sp³-hybridized carbons (Fsp3) is 0.250. The molecule has 0 unspecified atom stereocenters. The van der Waals surface area contributed by atoms with Gasteiger partial charge in [0.25, 0.3) is 0 Å². The van der Waals surface area contributed by atoms with Crippen molar-refractivity contribution >= 4 is 11.7 Å². The number of aryl methyl sites for hydroxylation is 1. The Morgan fingerprint density at radius 1 is 1.33 bits per heavy atom. The zero-order valence-corrected chi connectivity index (χ0v) is 13.5. The van der Waals surface area contributed by atoms with Crippen molar-refractivity contribution in [2.45, 2.75) is 26.4 Å². The number of carbonyl (C=O) groups is 1. The van der Waals surface area contributed by atoms with E-state index >= 15 is 0 Å². The third-order valence-corrected chi connectivity index (χ3v) is 3.68. The van der Waals surface area contributed by atoms with E-state index in [9.17, 15) is 4.79 Å².